The average molecular weight is 1100 g/mol. The molecule has 0 saturated carbocycles. The van der Waals surface area contributed by atoms with E-state index >= 15 is 0 Å². The zero-order valence-corrected chi connectivity index (χ0v) is 51.8. The zero-order chi connectivity index (χ0) is 56.3. The summed E-state index contributed by atoms with van der Waals surface area (Å²) in [5, 5.41) is 0. The van der Waals surface area contributed by atoms with Gasteiger partial charge in [0.25, 0.3) is 7.82 Å². The highest BCUT2D eigenvalue weighted by molar-refractivity contribution is 7.45. The van der Waals surface area contributed by atoms with Crippen LogP contribution in [-0.2, 0) is 32.7 Å². The van der Waals surface area contributed by atoms with Crippen molar-refractivity contribution in [1.29, 1.82) is 0 Å². The van der Waals surface area contributed by atoms with Crippen LogP contribution in [0.15, 0.2) is 72.9 Å². The first-order valence-corrected chi connectivity index (χ1v) is 33.6. The van der Waals surface area contributed by atoms with E-state index in [0.29, 0.717) is 17.4 Å². The maximum Gasteiger partial charge on any atom is 0.306 e. The molecule has 0 fully saturated rings. The largest absolute Gasteiger partial charge is 0.756 e. The van der Waals surface area contributed by atoms with Crippen molar-refractivity contribution < 1.29 is 42.1 Å². The van der Waals surface area contributed by atoms with Crippen LogP contribution in [0.3, 0.4) is 0 Å². The second kappa shape index (κ2) is 58.1. The smallest absolute Gasteiger partial charge is 0.306 e. The van der Waals surface area contributed by atoms with E-state index < -0.39 is 26.5 Å². The molecule has 2 atom stereocenters. The summed E-state index contributed by atoms with van der Waals surface area (Å²) >= 11 is 0. The molecule has 0 rings (SSSR count). The SMILES string of the molecule is CC/C=C\C/C=C\C/C=C\C/C=C\C/C=C\CCCCCCCCCCCCCCCCCCCCCCCCCCCC(=O)OC(COC(=O)CCCCCCC/C=C\CCCCC)COP(=O)([O-])OCC[N+](C)(C)C. The lowest BCUT2D eigenvalue weighted by molar-refractivity contribution is -0.870. The molecule has 0 amide bonds. The Labute approximate surface area is 476 Å². The highest BCUT2D eigenvalue weighted by Gasteiger charge is 2.22. The van der Waals surface area contributed by atoms with Gasteiger partial charge in [0.15, 0.2) is 6.10 Å². The lowest BCUT2D eigenvalue weighted by atomic mass is 10.0. The van der Waals surface area contributed by atoms with Crippen LogP contribution in [0.5, 0.6) is 0 Å². The predicted molar refractivity (Wildman–Crippen MR) is 328 cm³/mol. The number of carbonyl (C=O) groups excluding carboxylic acids is 2. The molecular weight excluding hydrogens is 978 g/mol. The number of ether oxygens (including phenoxy) is 2. The molecule has 0 aliphatic rings. The van der Waals surface area contributed by atoms with Gasteiger partial charge in [0.1, 0.15) is 19.8 Å². The fourth-order valence-corrected chi connectivity index (χ4v) is 9.76. The maximum absolute atomic E-state index is 12.8. The summed E-state index contributed by atoms with van der Waals surface area (Å²) in [5.74, 6) is -0.834. The second-order valence-electron chi connectivity index (χ2n) is 22.7. The molecule has 0 aromatic rings. The number of allylic oxidation sites excluding steroid dienone is 12. The molecule has 0 radical (unpaired) electrons. The minimum Gasteiger partial charge on any atom is -0.756 e. The molecule has 0 spiro atoms. The molecule has 0 aliphatic heterocycles. The van der Waals surface area contributed by atoms with E-state index in [1.165, 1.54) is 173 Å². The summed E-state index contributed by atoms with van der Waals surface area (Å²) in [5.41, 5.74) is 0. The van der Waals surface area contributed by atoms with Crippen LogP contribution in [0.1, 0.15) is 290 Å². The number of phosphoric ester groups is 1. The minimum absolute atomic E-state index is 0.0314. The molecule has 2 unspecified atom stereocenters. The topological polar surface area (TPSA) is 111 Å². The Kier molecular flexibility index (Phi) is 56.2. The van der Waals surface area contributed by atoms with Crippen molar-refractivity contribution in [3.8, 4) is 0 Å². The van der Waals surface area contributed by atoms with Gasteiger partial charge in [-0.05, 0) is 83.5 Å². The quantitative estimate of drug-likeness (QED) is 0.0195. The third-order valence-electron chi connectivity index (χ3n) is 14.0. The number of hydrogen-bond acceptors (Lipinski definition) is 8. The lowest BCUT2D eigenvalue weighted by Gasteiger charge is -2.28. The molecule has 0 heterocycles. The number of likely N-dealkylation sites (N-methyl/N-ethyl adjacent to an activating group) is 1. The number of nitrogens with zero attached hydrogens (tertiary/aromatic N) is 1. The summed E-state index contributed by atoms with van der Waals surface area (Å²) in [7, 11) is 1.17. The van der Waals surface area contributed by atoms with Crippen molar-refractivity contribution in [1.82, 2.24) is 0 Å². The van der Waals surface area contributed by atoms with Crippen LogP contribution in [0.25, 0.3) is 0 Å². The summed E-state index contributed by atoms with van der Waals surface area (Å²) in [6.45, 7) is 4.11. The van der Waals surface area contributed by atoms with E-state index in [4.69, 9.17) is 18.5 Å². The number of phosphoric acid groups is 1. The predicted octanol–water partition coefficient (Wildman–Crippen LogP) is 19.8. The number of rotatable bonds is 59. The summed E-state index contributed by atoms with van der Waals surface area (Å²) in [4.78, 5) is 37.8. The fraction of sp³-hybridized carbons (Fsp3) is 0.791. The molecule has 0 aliphatic carbocycles. The molecular formula is C67H122NO8P. The van der Waals surface area contributed by atoms with Crippen molar-refractivity contribution in [3.63, 3.8) is 0 Å². The van der Waals surface area contributed by atoms with Crippen LogP contribution in [0.2, 0.25) is 0 Å². The van der Waals surface area contributed by atoms with Crippen LogP contribution in [-0.4, -0.2) is 70.0 Å². The standard InChI is InChI=1S/C67H122NO8P/c1-6-8-10-12-14-16-18-20-21-22-23-24-25-26-27-28-29-30-31-32-33-34-35-36-37-38-39-40-41-42-43-44-45-46-47-48-50-52-54-56-58-60-67(70)76-65(64-75-77(71,72)74-62-61-68(3,4)5)63-73-66(69)59-57-55-53-51-49-19-17-15-13-11-9-7-2/h8,10,14-17,20-21,23-24,26-27,65H,6-7,9,11-13,18-19,22,25,28-64H2,1-5H3/b10-8-,16-14-,17-15-,21-20-,24-23-,27-26-. The molecule has 77 heavy (non-hydrogen) atoms. The van der Waals surface area contributed by atoms with Gasteiger partial charge in [-0.2, -0.15) is 0 Å². The van der Waals surface area contributed by atoms with Gasteiger partial charge in [-0.1, -0.05) is 267 Å². The Morgan fingerprint density at radius 3 is 1.12 bits per heavy atom. The van der Waals surface area contributed by atoms with Crippen molar-refractivity contribution in [2.75, 3.05) is 47.5 Å². The third kappa shape index (κ3) is 62.5. The molecule has 0 bridgehead atoms. The van der Waals surface area contributed by atoms with Gasteiger partial charge in [0, 0.05) is 12.8 Å². The Morgan fingerprint density at radius 2 is 0.740 bits per heavy atom. The van der Waals surface area contributed by atoms with Gasteiger partial charge in [-0.15, -0.1) is 0 Å². The number of unbranched alkanes of at least 4 members (excludes halogenated alkanes) is 33. The van der Waals surface area contributed by atoms with E-state index in [1.807, 2.05) is 21.1 Å². The highest BCUT2D eigenvalue weighted by atomic mass is 31.2. The van der Waals surface area contributed by atoms with Gasteiger partial charge in [-0.25, -0.2) is 0 Å². The monoisotopic (exact) mass is 1100 g/mol. The molecule has 10 heteroatoms. The van der Waals surface area contributed by atoms with Gasteiger partial charge in [0.05, 0.1) is 27.7 Å². The number of carbonyl (C=O) groups is 2. The first-order chi connectivity index (χ1) is 37.5. The van der Waals surface area contributed by atoms with Crippen molar-refractivity contribution in [2.24, 2.45) is 0 Å². The maximum atomic E-state index is 12.8. The second-order valence-corrected chi connectivity index (χ2v) is 24.2. The zero-order valence-electron chi connectivity index (χ0n) is 50.9. The molecule has 0 N–H and O–H groups in total. The van der Waals surface area contributed by atoms with Gasteiger partial charge < -0.3 is 27.9 Å². The van der Waals surface area contributed by atoms with E-state index in [9.17, 15) is 19.0 Å². The molecule has 9 nitrogen and oxygen atoms in total. The number of quaternary nitrogens is 1. The average Bonchev–Trinajstić information content (AvgIpc) is 3.39. The Morgan fingerprint density at radius 1 is 0.416 bits per heavy atom. The summed E-state index contributed by atoms with van der Waals surface area (Å²) in [6, 6.07) is 0. The van der Waals surface area contributed by atoms with Crippen LogP contribution in [0.4, 0.5) is 0 Å². The van der Waals surface area contributed by atoms with Gasteiger partial charge in [-0.3, -0.25) is 14.2 Å². The fourth-order valence-electron chi connectivity index (χ4n) is 9.03. The Bertz CT molecular complexity index is 1530. The Hall–Kier alpha value is -2.55. The highest BCUT2D eigenvalue weighted by Crippen LogP contribution is 2.38. The van der Waals surface area contributed by atoms with Crippen molar-refractivity contribution >= 4 is 19.8 Å². The van der Waals surface area contributed by atoms with E-state index in [1.54, 1.807) is 0 Å². The van der Waals surface area contributed by atoms with E-state index in [-0.39, 0.29) is 32.0 Å². The number of hydrogen-bond donors (Lipinski definition) is 0. The molecule has 0 aromatic heterocycles. The number of esters is 2. The Balaban J connectivity index is 3.85. The van der Waals surface area contributed by atoms with Crippen LogP contribution < -0.4 is 4.89 Å². The first-order valence-electron chi connectivity index (χ1n) is 32.1. The lowest BCUT2D eigenvalue weighted by Crippen LogP contribution is -2.37. The molecule has 0 saturated heterocycles. The normalized spacial score (nSPS) is 13.7. The summed E-state index contributed by atoms with van der Waals surface area (Å²) in [6.07, 6.45) is 77.1. The summed E-state index contributed by atoms with van der Waals surface area (Å²) < 4.78 is 34.1. The van der Waals surface area contributed by atoms with Crippen molar-refractivity contribution in [2.45, 2.75) is 296 Å². The third-order valence-corrected chi connectivity index (χ3v) is 14.9. The molecule has 448 valence electrons. The molecule has 0 aromatic carbocycles. The minimum atomic E-state index is -4.63. The van der Waals surface area contributed by atoms with Crippen LogP contribution >= 0.6 is 7.82 Å². The van der Waals surface area contributed by atoms with E-state index in [0.717, 1.165) is 83.5 Å². The van der Waals surface area contributed by atoms with Gasteiger partial charge >= 0.3 is 11.9 Å². The van der Waals surface area contributed by atoms with E-state index in [2.05, 4.69) is 86.8 Å². The first kappa shape index (κ1) is 74.5. The van der Waals surface area contributed by atoms with Gasteiger partial charge in [0.2, 0.25) is 0 Å². The van der Waals surface area contributed by atoms with Crippen molar-refractivity contribution in [3.05, 3.63) is 72.9 Å². The van der Waals surface area contributed by atoms with Crippen LogP contribution in [0, 0.1) is 0 Å².